The molecule has 1 heterocycles. The van der Waals surface area contributed by atoms with Crippen molar-refractivity contribution < 1.29 is 4.21 Å². The van der Waals surface area contributed by atoms with E-state index in [2.05, 4.69) is 15.5 Å². The van der Waals surface area contributed by atoms with Crippen molar-refractivity contribution in [3.05, 3.63) is 23.2 Å². The Morgan fingerprint density at radius 3 is 2.95 bits per heavy atom. The lowest BCUT2D eigenvalue weighted by atomic mass is 10.1. The largest absolute Gasteiger partial charge is 0.398 e. The minimum Gasteiger partial charge on any atom is -0.398 e. The topological polar surface area (TPSA) is 86.7 Å². The van der Waals surface area contributed by atoms with Gasteiger partial charge in [0.1, 0.15) is 0 Å². The summed E-state index contributed by atoms with van der Waals surface area (Å²) in [5.41, 5.74) is 7.14. The van der Waals surface area contributed by atoms with Crippen LogP contribution in [0.2, 0.25) is 5.02 Å². The summed E-state index contributed by atoms with van der Waals surface area (Å²) in [4.78, 5) is 0. The summed E-state index contributed by atoms with van der Waals surface area (Å²) >= 11 is 5.97. The second kappa shape index (κ2) is 5.66. The summed E-state index contributed by atoms with van der Waals surface area (Å²) in [6, 6.07) is 5.04. The Balaban J connectivity index is 2.44. The van der Waals surface area contributed by atoms with Gasteiger partial charge in [-0.25, -0.2) is 4.68 Å². The van der Waals surface area contributed by atoms with Gasteiger partial charge in [0.15, 0.2) is 5.82 Å². The number of hydrogen-bond acceptors (Lipinski definition) is 5. The van der Waals surface area contributed by atoms with E-state index in [0.29, 0.717) is 27.9 Å². The number of anilines is 1. The molecule has 6 nitrogen and oxygen atoms in total. The Kier molecular flexibility index (Phi) is 4.16. The number of tetrazole rings is 1. The fraction of sp³-hybridized carbons (Fsp3) is 0.364. The van der Waals surface area contributed by atoms with Crippen molar-refractivity contribution in [3.8, 4) is 11.4 Å². The molecule has 1 aromatic heterocycles. The Morgan fingerprint density at radius 2 is 2.26 bits per heavy atom. The average molecular weight is 300 g/mol. The number of nitrogens with zero attached hydrogens (tertiary/aromatic N) is 4. The van der Waals surface area contributed by atoms with Gasteiger partial charge in [0.05, 0.1) is 6.04 Å². The standard InChI is InChI=1S/C11H14ClN5OS/c1-7(6-19(2)18)17-11(14-15-16-17)9-5-8(12)3-4-10(9)13/h3-5,7H,6,13H2,1-2H3. The van der Waals surface area contributed by atoms with E-state index in [-0.39, 0.29) is 6.04 Å². The molecular formula is C11H14ClN5OS. The molecule has 2 aromatic rings. The smallest absolute Gasteiger partial charge is 0.184 e. The van der Waals surface area contributed by atoms with Crippen molar-refractivity contribution in [2.75, 3.05) is 17.7 Å². The lowest BCUT2D eigenvalue weighted by Crippen LogP contribution is -2.16. The molecule has 19 heavy (non-hydrogen) atoms. The SMILES string of the molecule is CC(CS(C)=O)n1nnnc1-c1cc(Cl)ccc1N. The van der Waals surface area contributed by atoms with Crippen molar-refractivity contribution in [1.29, 1.82) is 0 Å². The Morgan fingerprint density at radius 1 is 1.53 bits per heavy atom. The average Bonchev–Trinajstić information content (AvgIpc) is 2.80. The molecule has 0 bridgehead atoms. The summed E-state index contributed by atoms with van der Waals surface area (Å²) in [6.45, 7) is 1.90. The van der Waals surface area contributed by atoms with E-state index in [1.165, 1.54) is 0 Å². The van der Waals surface area contributed by atoms with Crippen molar-refractivity contribution in [2.45, 2.75) is 13.0 Å². The molecule has 0 aliphatic rings. The molecule has 0 saturated heterocycles. The molecule has 0 aliphatic heterocycles. The maximum atomic E-state index is 11.3. The van der Waals surface area contributed by atoms with E-state index in [1.807, 2.05) is 6.92 Å². The van der Waals surface area contributed by atoms with Crippen LogP contribution in [-0.4, -0.2) is 36.4 Å². The second-order valence-corrected chi connectivity index (χ2v) is 6.18. The summed E-state index contributed by atoms with van der Waals surface area (Å²) in [6.07, 6.45) is 1.65. The zero-order valence-electron chi connectivity index (χ0n) is 10.6. The van der Waals surface area contributed by atoms with E-state index >= 15 is 0 Å². The first kappa shape index (κ1) is 14.0. The molecule has 0 amide bonds. The van der Waals surface area contributed by atoms with Crippen molar-refractivity contribution >= 4 is 28.1 Å². The first-order valence-corrected chi connectivity index (χ1v) is 7.73. The normalized spacial score (nSPS) is 14.3. The molecule has 0 saturated carbocycles. The van der Waals surface area contributed by atoms with Crippen LogP contribution in [0.4, 0.5) is 5.69 Å². The van der Waals surface area contributed by atoms with Gasteiger partial charge in [-0.05, 0) is 35.5 Å². The Labute approximate surface area is 118 Å². The highest BCUT2D eigenvalue weighted by molar-refractivity contribution is 7.84. The molecule has 0 radical (unpaired) electrons. The van der Waals surface area contributed by atoms with Gasteiger partial charge < -0.3 is 5.73 Å². The van der Waals surface area contributed by atoms with E-state index in [0.717, 1.165) is 0 Å². The number of nitrogens with two attached hydrogens (primary N) is 1. The van der Waals surface area contributed by atoms with Crippen LogP contribution in [0.5, 0.6) is 0 Å². The summed E-state index contributed by atoms with van der Waals surface area (Å²) in [5.74, 6) is 0.997. The van der Waals surface area contributed by atoms with Crippen molar-refractivity contribution in [2.24, 2.45) is 0 Å². The van der Waals surface area contributed by atoms with Crippen LogP contribution in [0.25, 0.3) is 11.4 Å². The number of hydrogen-bond donors (Lipinski definition) is 1. The van der Waals surface area contributed by atoms with Gasteiger partial charge in [0.2, 0.25) is 0 Å². The quantitative estimate of drug-likeness (QED) is 0.865. The van der Waals surface area contributed by atoms with Gasteiger partial charge in [-0.1, -0.05) is 11.6 Å². The first-order valence-electron chi connectivity index (χ1n) is 5.62. The fourth-order valence-corrected chi connectivity index (χ4v) is 2.79. The van der Waals surface area contributed by atoms with Gasteiger partial charge in [0, 0.05) is 39.1 Å². The zero-order chi connectivity index (χ0) is 14.0. The third-order valence-corrected chi connectivity index (χ3v) is 3.83. The summed E-state index contributed by atoms with van der Waals surface area (Å²) in [5, 5.41) is 12.1. The predicted molar refractivity (Wildman–Crippen MR) is 76.3 cm³/mol. The number of nitrogen functional groups attached to an aromatic ring is 1. The van der Waals surface area contributed by atoms with Crippen LogP contribution < -0.4 is 5.73 Å². The van der Waals surface area contributed by atoms with Crippen LogP contribution >= 0.6 is 11.6 Å². The summed E-state index contributed by atoms with van der Waals surface area (Å²) < 4.78 is 12.9. The van der Waals surface area contributed by atoms with Crippen LogP contribution in [-0.2, 0) is 10.8 Å². The molecule has 0 fully saturated rings. The molecule has 0 spiro atoms. The number of halogens is 1. The van der Waals surface area contributed by atoms with Crippen molar-refractivity contribution in [3.63, 3.8) is 0 Å². The minimum absolute atomic E-state index is 0.0887. The van der Waals surface area contributed by atoms with E-state index in [1.54, 1.807) is 29.1 Å². The first-order chi connectivity index (χ1) is 8.99. The fourth-order valence-electron chi connectivity index (χ4n) is 1.80. The molecule has 2 unspecified atom stereocenters. The van der Waals surface area contributed by atoms with Gasteiger partial charge in [-0.15, -0.1) is 5.10 Å². The van der Waals surface area contributed by atoms with Gasteiger partial charge in [-0.3, -0.25) is 4.21 Å². The molecule has 2 atom stereocenters. The number of aromatic nitrogens is 4. The maximum absolute atomic E-state index is 11.3. The maximum Gasteiger partial charge on any atom is 0.184 e. The molecule has 2 N–H and O–H groups in total. The predicted octanol–water partition coefficient (Wildman–Crippen LogP) is 1.52. The Bertz CT molecular complexity index is 615. The molecular weight excluding hydrogens is 286 g/mol. The lowest BCUT2D eigenvalue weighted by Gasteiger charge is -2.13. The third-order valence-electron chi connectivity index (χ3n) is 2.64. The monoisotopic (exact) mass is 299 g/mol. The van der Waals surface area contributed by atoms with Crippen LogP contribution in [0.1, 0.15) is 13.0 Å². The zero-order valence-corrected chi connectivity index (χ0v) is 12.1. The van der Waals surface area contributed by atoms with Crippen LogP contribution in [0.15, 0.2) is 18.2 Å². The van der Waals surface area contributed by atoms with Gasteiger partial charge in [-0.2, -0.15) is 0 Å². The molecule has 8 heteroatoms. The number of rotatable bonds is 4. The molecule has 2 rings (SSSR count). The highest BCUT2D eigenvalue weighted by atomic mass is 35.5. The molecule has 0 aliphatic carbocycles. The molecule has 1 aromatic carbocycles. The van der Waals surface area contributed by atoms with Crippen LogP contribution in [0.3, 0.4) is 0 Å². The van der Waals surface area contributed by atoms with Gasteiger partial charge in [0.25, 0.3) is 0 Å². The van der Waals surface area contributed by atoms with E-state index < -0.39 is 10.8 Å². The number of benzene rings is 1. The lowest BCUT2D eigenvalue weighted by molar-refractivity contribution is 0.521. The van der Waals surface area contributed by atoms with Crippen LogP contribution in [0, 0.1) is 0 Å². The highest BCUT2D eigenvalue weighted by Crippen LogP contribution is 2.28. The van der Waals surface area contributed by atoms with Gasteiger partial charge >= 0.3 is 0 Å². The second-order valence-electron chi connectivity index (χ2n) is 4.27. The van der Waals surface area contributed by atoms with E-state index in [9.17, 15) is 4.21 Å². The molecule has 102 valence electrons. The Hall–Kier alpha value is -1.47. The summed E-state index contributed by atoms with van der Waals surface area (Å²) in [7, 11) is -0.928. The van der Waals surface area contributed by atoms with Crippen molar-refractivity contribution in [1.82, 2.24) is 20.2 Å². The highest BCUT2D eigenvalue weighted by Gasteiger charge is 2.17. The third kappa shape index (κ3) is 3.10. The minimum atomic E-state index is -0.928. The van der Waals surface area contributed by atoms with E-state index in [4.69, 9.17) is 17.3 Å².